The van der Waals surface area contributed by atoms with Crippen LogP contribution in [0, 0.1) is 0 Å². The number of aliphatic hydroxyl groups excluding tert-OH is 1. The highest BCUT2D eigenvalue weighted by molar-refractivity contribution is 5.99. The molecule has 0 saturated heterocycles. The molecule has 4 aromatic rings. The van der Waals surface area contributed by atoms with Gasteiger partial charge >= 0.3 is 0 Å². The zero-order valence-corrected chi connectivity index (χ0v) is 15.8. The molecule has 0 fully saturated rings. The van der Waals surface area contributed by atoms with Gasteiger partial charge in [-0.15, -0.1) is 0 Å². The summed E-state index contributed by atoms with van der Waals surface area (Å²) in [6.45, 7) is 0.744. The molecule has 0 spiro atoms. The summed E-state index contributed by atoms with van der Waals surface area (Å²) in [6, 6.07) is 27.1. The number of aromatic nitrogens is 1. The maximum atomic E-state index is 12.2. The Labute approximate surface area is 168 Å². The van der Waals surface area contributed by atoms with E-state index in [2.05, 4.69) is 33.3 Å². The minimum Gasteiger partial charge on any atom is -0.378 e. The SMILES string of the molecule is O=C(N/N=C\c1cn(Cc2ccccc2)c2ccccc12)[C@H](O)c1ccccc1. The molecule has 29 heavy (non-hydrogen) atoms. The third-order valence-corrected chi connectivity index (χ3v) is 4.76. The van der Waals surface area contributed by atoms with Crippen LogP contribution < -0.4 is 5.43 Å². The van der Waals surface area contributed by atoms with Crippen LogP contribution in [0.5, 0.6) is 0 Å². The predicted octanol–water partition coefficient (Wildman–Crippen LogP) is 3.87. The number of carbonyl (C=O) groups excluding carboxylic acids is 1. The fraction of sp³-hybridized carbons (Fsp3) is 0.0833. The molecule has 3 aromatic carbocycles. The van der Waals surface area contributed by atoms with Crippen molar-refractivity contribution in [3.63, 3.8) is 0 Å². The average Bonchev–Trinajstić information content (AvgIpc) is 3.12. The second-order valence-electron chi connectivity index (χ2n) is 6.76. The van der Waals surface area contributed by atoms with Crippen molar-refractivity contribution in [2.24, 2.45) is 5.10 Å². The lowest BCUT2D eigenvalue weighted by atomic mass is 10.1. The van der Waals surface area contributed by atoms with Gasteiger partial charge < -0.3 is 9.67 Å². The van der Waals surface area contributed by atoms with Crippen LogP contribution in [0.15, 0.2) is 96.2 Å². The van der Waals surface area contributed by atoms with Crippen LogP contribution in [-0.2, 0) is 11.3 Å². The Balaban J connectivity index is 1.52. The second kappa shape index (κ2) is 8.54. The molecule has 5 heteroatoms. The van der Waals surface area contributed by atoms with E-state index in [0.29, 0.717) is 5.56 Å². The van der Waals surface area contributed by atoms with Crippen molar-refractivity contribution in [1.82, 2.24) is 9.99 Å². The van der Waals surface area contributed by atoms with E-state index >= 15 is 0 Å². The van der Waals surface area contributed by atoms with E-state index < -0.39 is 12.0 Å². The maximum absolute atomic E-state index is 12.2. The van der Waals surface area contributed by atoms with Gasteiger partial charge in [-0.25, -0.2) is 5.43 Å². The number of para-hydroxylation sites is 1. The monoisotopic (exact) mass is 383 g/mol. The molecule has 5 nitrogen and oxygen atoms in total. The molecule has 144 valence electrons. The topological polar surface area (TPSA) is 66.6 Å². The Hall–Kier alpha value is -3.70. The number of hydrogen-bond donors (Lipinski definition) is 2. The summed E-state index contributed by atoms with van der Waals surface area (Å²) >= 11 is 0. The molecule has 0 saturated carbocycles. The Bertz CT molecular complexity index is 1130. The Morgan fingerprint density at radius 2 is 1.62 bits per heavy atom. The van der Waals surface area contributed by atoms with Gasteiger partial charge in [0, 0.05) is 29.2 Å². The fourth-order valence-corrected chi connectivity index (χ4v) is 3.30. The number of hydrogen-bond acceptors (Lipinski definition) is 3. The molecule has 0 aliphatic rings. The number of rotatable bonds is 6. The number of amides is 1. The second-order valence-corrected chi connectivity index (χ2v) is 6.76. The summed E-state index contributed by atoms with van der Waals surface area (Å²) in [5.74, 6) is -0.569. The van der Waals surface area contributed by atoms with Crippen LogP contribution in [-0.4, -0.2) is 21.8 Å². The quantitative estimate of drug-likeness (QED) is 0.392. The van der Waals surface area contributed by atoms with Crippen molar-refractivity contribution in [2.45, 2.75) is 12.6 Å². The predicted molar refractivity (Wildman–Crippen MR) is 115 cm³/mol. The number of fused-ring (bicyclic) bond motifs is 1. The Morgan fingerprint density at radius 3 is 2.38 bits per heavy atom. The van der Waals surface area contributed by atoms with Crippen molar-refractivity contribution in [3.05, 3.63) is 108 Å². The Morgan fingerprint density at radius 1 is 0.966 bits per heavy atom. The Kier molecular flexibility index (Phi) is 5.49. The number of nitrogens with zero attached hydrogens (tertiary/aromatic N) is 2. The first-order valence-corrected chi connectivity index (χ1v) is 9.40. The molecule has 4 rings (SSSR count). The molecule has 1 amide bonds. The normalized spacial score (nSPS) is 12.3. The van der Waals surface area contributed by atoms with E-state index in [9.17, 15) is 9.90 Å². The lowest BCUT2D eigenvalue weighted by Crippen LogP contribution is -2.25. The van der Waals surface area contributed by atoms with Crippen molar-refractivity contribution < 1.29 is 9.90 Å². The number of hydrazone groups is 1. The van der Waals surface area contributed by atoms with E-state index in [1.54, 1.807) is 30.5 Å². The van der Waals surface area contributed by atoms with E-state index in [-0.39, 0.29) is 0 Å². The summed E-state index contributed by atoms with van der Waals surface area (Å²) in [5, 5.41) is 15.2. The van der Waals surface area contributed by atoms with Crippen molar-refractivity contribution in [2.75, 3.05) is 0 Å². The smallest absolute Gasteiger partial charge is 0.273 e. The van der Waals surface area contributed by atoms with Crippen LogP contribution in [0.4, 0.5) is 0 Å². The number of benzene rings is 3. The highest BCUT2D eigenvalue weighted by Crippen LogP contribution is 2.21. The molecule has 1 atom stereocenters. The molecule has 1 heterocycles. The van der Waals surface area contributed by atoms with Gasteiger partial charge in [0.2, 0.25) is 0 Å². The number of aliphatic hydroxyl groups is 1. The van der Waals surface area contributed by atoms with Crippen molar-refractivity contribution in [1.29, 1.82) is 0 Å². The lowest BCUT2D eigenvalue weighted by molar-refractivity contribution is -0.129. The summed E-state index contributed by atoms with van der Waals surface area (Å²) in [7, 11) is 0. The van der Waals surface area contributed by atoms with Gasteiger partial charge in [0.05, 0.1) is 6.21 Å². The molecular formula is C24H21N3O2. The zero-order chi connectivity index (χ0) is 20.1. The van der Waals surface area contributed by atoms with E-state index in [4.69, 9.17) is 0 Å². The average molecular weight is 383 g/mol. The molecule has 0 aliphatic carbocycles. The summed E-state index contributed by atoms with van der Waals surface area (Å²) in [4.78, 5) is 12.2. The van der Waals surface area contributed by atoms with Gasteiger partial charge in [-0.1, -0.05) is 78.9 Å². The summed E-state index contributed by atoms with van der Waals surface area (Å²) in [5.41, 5.74) is 6.14. The number of carbonyl (C=O) groups is 1. The third kappa shape index (κ3) is 4.25. The van der Waals surface area contributed by atoms with Gasteiger partial charge in [0.1, 0.15) is 0 Å². The van der Waals surface area contributed by atoms with Crippen LogP contribution in [0.1, 0.15) is 22.8 Å². The summed E-state index contributed by atoms with van der Waals surface area (Å²) < 4.78 is 2.16. The van der Waals surface area contributed by atoms with Crippen LogP contribution in [0.25, 0.3) is 10.9 Å². The van der Waals surface area contributed by atoms with Crippen molar-refractivity contribution >= 4 is 23.0 Å². The van der Waals surface area contributed by atoms with E-state index in [1.165, 1.54) is 5.56 Å². The van der Waals surface area contributed by atoms with Crippen LogP contribution in [0.3, 0.4) is 0 Å². The molecule has 2 N–H and O–H groups in total. The van der Waals surface area contributed by atoms with Gasteiger partial charge in [0.25, 0.3) is 5.91 Å². The number of nitrogens with one attached hydrogen (secondary N) is 1. The highest BCUT2D eigenvalue weighted by Gasteiger charge is 2.16. The first kappa shape index (κ1) is 18.7. The van der Waals surface area contributed by atoms with Crippen molar-refractivity contribution in [3.8, 4) is 0 Å². The zero-order valence-electron chi connectivity index (χ0n) is 15.8. The van der Waals surface area contributed by atoms with Gasteiger partial charge in [0.15, 0.2) is 6.10 Å². The summed E-state index contributed by atoms with van der Waals surface area (Å²) in [6.07, 6.45) is 2.37. The standard InChI is InChI=1S/C24H21N3O2/c28-23(19-11-5-2-6-12-19)24(29)26-25-15-20-17-27(16-18-9-3-1-4-10-18)22-14-8-7-13-21(20)22/h1-15,17,23,28H,16H2,(H,26,29)/b25-15-/t23-/m1/s1. The van der Waals surface area contributed by atoms with E-state index in [1.807, 2.05) is 48.7 Å². The maximum Gasteiger partial charge on any atom is 0.273 e. The minimum absolute atomic E-state index is 0.527. The first-order chi connectivity index (χ1) is 14.2. The van der Waals surface area contributed by atoms with Gasteiger partial charge in [-0.2, -0.15) is 5.10 Å². The first-order valence-electron chi connectivity index (χ1n) is 9.40. The lowest BCUT2D eigenvalue weighted by Gasteiger charge is -2.08. The molecule has 0 bridgehead atoms. The molecular weight excluding hydrogens is 362 g/mol. The van der Waals surface area contributed by atoms with Crippen LogP contribution in [0.2, 0.25) is 0 Å². The molecule has 0 unspecified atom stereocenters. The molecule has 1 aromatic heterocycles. The largest absolute Gasteiger partial charge is 0.378 e. The fourth-order valence-electron chi connectivity index (χ4n) is 3.30. The third-order valence-electron chi connectivity index (χ3n) is 4.76. The van der Waals surface area contributed by atoms with Crippen LogP contribution >= 0.6 is 0 Å². The minimum atomic E-state index is -1.26. The highest BCUT2D eigenvalue weighted by atomic mass is 16.3. The van der Waals surface area contributed by atoms with Gasteiger partial charge in [-0.05, 0) is 17.2 Å². The molecule has 0 radical (unpaired) electrons. The van der Waals surface area contributed by atoms with Gasteiger partial charge in [-0.3, -0.25) is 4.79 Å². The molecule has 0 aliphatic heterocycles. The van der Waals surface area contributed by atoms with E-state index in [0.717, 1.165) is 23.0 Å².